The Kier molecular flexibility index (Phi) is 5.93. The number of aromatic nitrogens is 2. The summed E-state index contributed by atoms with van der Waals surface area (Å²) >= 11 is 13.3. The van der Waals surface area contributed by atoms with Crippen LogP contribution in [-0.4, -0.2) is 24.2 Å². The molecule has 0 aliphatic heterocycles. The van der Waals surface area contributed by atoms with Crippen LogP contribution in [0.5, 0.6) is 0 Å². The minimum atomic E-state index is -1.06. The molecule has 116 valence electrons. The molecule has 0 aliphatic carbocycles. The van der Waals surface area contributed by atoms with Gasteiger partial charge < -0.3 is 9.30 Å². The lowest BCUT2D eigenvalue weighted by Crippen LogP contribution is -2.22. The third kappa shape index (κ3) is 4.54. The first-order chi connectivity index (χ1) is 9.81. The average molecular weight is 455 g/mol. The molecular formula is C14H19Br2ClN2OSi. The second-order valence-corrected chi connectivity index (χ2v) is 13.6. The minimum Gasteiger partial charge on any atom is -0.361 e. The van der Waals surface area contributed by atoms with Gasteiger partial charge in [-0.1, -0.05) is 47.2 Å². The summed E-state index contributed by atoms with van der Waals surface area (Å²) in [5.41, 5.74) is 2.94. The summed E-state index contributed by atoms with van der Waals surface area (Å²) in [7, 11) is -1.06. The van der Waals surface area contributed by atoms with Gasteiger partial charge in [0.2, 0.25) is 0 Å². The fourth-order valence-corrected chi connectivity index (χ4v) is 4.11. The maximum absolute atomic E-state index is 6.37. The molecule has 0 bridgehead atoms. The van der Waals surface area contributed by atoms with Gasteiger partial charge in [0, 0.05) is 25.7 Å². The second kappa shape index (κ2) is 7.13. The molecule has 0 spiro atoms. The SMILES string of the molecule is C[Si](C)(C)CCOCn1c(CBr)cc2nc(Br)cc(Cl)c21. The van der Waals surface area contributed by atoms with E-state index in [-0.39, 0.29) is 0 Å². The van der Waals surface area contributed by atoms with Gasteiger partial charge >= 0.3 is 0 Å². The second-order valence-electron chi connectivity index (χ2n) is 6.21. The van der Waals surface area contributed by atoms with Crippen LogP contribution in [0.15, 0.2) is 16.7 Å². The quantitative estimate of drug-likeness (QED) is 0.244. The highest BCUT2D eigenvalue weighted by Crippen LogP contribution is 2.29. The Morgan fingerprint density at radius 3 is 2.67 bits per heavy atom. The molecule has 0 atom stereocenters. The molecule has 0 N–H and O–H groups in total. The standard InChI is InChI=1S/C14H19Br2ClN2OSi/c1-21(2,3)5-4-20-9-19-10(8-15)6-12-14(19)11(17)7-13(16)18-12/h6-7H,4-5,8-9H2,1-3H3. The zero-order valence-corrected chi connectivity index (χ0v) is 17.3. The Labute approximate surface area is 148 Å². The summed E-state index contributed by atoms with van der Waals surface area (Å²) in [5, 5.41) is 1.43. The van der Waals surface area contributed by atoms with E-state index in [0.717, 1.165) is 39.3 Å². The molecule has 3 nitrogen and oxygen atoms in total. The number of halogens is 3. The van der Waals surface area contributed by atoms with Crippen LogP contribution in [0.3, 0.4) is 0 Å². The zero-order valence-electron chi connectivity index (χ0n) is 12.4. The average Bonchev–Trinajstić information content (AvgIpc) is 2.71. The van der Waals surface area contributed by atoms with E-state index in [1.807, 2.05) is 12.1 Å². The van der Waals surface area contributed by atoms with E-state index in [1.54, 1.807) is 0 Å². The smallest absolute Gasteiger partial charge is 0.123 e. The number of fused-ring (bicyclic) bond motifs is 1. The number of pyridine rings is 1. The van der Waals surface area contributed by atoms with Crippen molar-refractivity contribution in [1.29, 1.82) is 0 Å². The molecule has 2 aromatic heterocycles. The first-order valence-corrected chi connectivity index (χ1v) is 12.8. The molecule has 2 aromatic rings. The molecule has 0 radical (unpaired) electrons. The van der Waals surface area contributed by atoms with Crippen LogP contribution in [0.25, 0.3) is 11.0 Å². The predicted molar refractivity (Wildman–Crippen MR) is 99.2 cm³/mol. The molecule has 7 heteroatoms. The van der Waals surface area contributed by atoms with Crippen molar-refractivity contribution in [2.24, 2.45) is 0 Å². The third-order valence-corrected chi connectivity index (χ3v) is 6.19. The Balaban J connectivity index is 2.22. The topological polar surface area (TPSA) is 27.1 Å². The van der Waals surface area contributed by atoms with Crippen molar-refractivity contribution in [3.05, 3.63) is 27.5 Å². The fourth-order valence-electron chi connectivity index (χ4n) is 2.04. The lowest BCUT2D eigenvalue weighted by atomic mass is 10.4. The van der Waals surface area contributed by atoms with Crippen LogP contribution in [0.1, 0.15) is 5.69 Å². The van der Waals surface area contributed by atoms with Gasteiger partial charge in [0.1, 0.15) is 11.3 Å². The van der Waals surface area contributed by atoms with Gasteiger partial charge in [-0.3, -0.25) is 0 Å². The lowest BCUT2D eigenvalue weighted by Gasteiger charge is -2.16. The van der Waals surface area contributed by atoms with E-state index >= 15 is 0 Å². The van der Waals surface area contributed by atoms with Crippen LogP contribution in [-0.2, 0) is 16.8 Å². The maximum Gasteiger partial charge on any atom is 0.123 e. The molecule has 0 saturated carbocycles. The first kappa shape index (κ1) is 17.5. The summed E-state index contributed by atoms with van der Waals surface area (Å²) < 4.78 is 8.71. The van der Waals surface area contributed by atoms with Crippen LogP contribution >= 0.6 is 43.5 Å². The van der Waals surface area contributed by atoms with Crippen molar-refractivity contribution in [3.63, 3.8) is 0 Å². The highest BCUT2D eigenvalue weighted by atomic mass is 79.9. The molecule has 2 heterocycles. The molecule has 0 aromatic carbocycles. The molecule has 2 rings (SSSR count). The van der Waals surface area contributed by atoms with Gasteiger partial charge in [0.15, 0.2) is 0 Å². The lowest BCUT2D eigenvalue weighted by molar-refractivity contribution is 0.0889. The Morgan fingerprint density at radius 2 is 2.05 bits per heavy atom. The minimum absolute atomic E-state index is 0.512. The van der Waals surface area contributed by atoms with Gasteiger partial charge in [0.05, 0.1) is 16.1 Å². The van der Waals surface area contributed by atoms with E-state index in [4.69, 9.17) is 16.3 Å². The predicted octanol–water partition coefficient (Wildman–Crippen LogP) is 5.66. The summed E-state index contributed by atoms with van der Waals surface area (Å²) in [6.45, 7) is 8.35. The summed E-state index contributed by atoms with van der Waals surface area (Å²) in [4.78, 5) is 4.48. The summed E-state index contributed by atoms with van der Waals surface area (Å²) in [6.07, 6.45) is 0. The van der Waals surface area contributed by atoms with Crippen molar-refractivity contribution < 1.29 is 4.74 Å². The summed E-state index contributed by atoms with van der Waals surface area (Å²) in [6, 6.07) is 5.02. The first-order valence-electron chi connectivity index (χ1n) is 6.80. The van der Waals surface area contributed by atoms with E-state index in [0.29, 0.717) is 11.8 Å². The van der Waals surface area contributed by atoms with Crippen LogP contribution in [0, 0.1) is 0 Å². The van der Waals surface area contributed by atoms with Gasteiger partial charge in [0.25, 0.3) is 0 Å². The number of hydrogen-bond donors (Lipinski definition) is 0. The number of alkyl halides is 1. The van der Waals surface area contributed by atoms with Gasteiger partial charge in [-0.25, -0.2) is 4.98 Å². The van der Waals surface area contributed by atoms with Crippen LogP contribution in [0.2, 0.25) is 30.7 Å². The number of ether oxygens (including phenoxy) is 1. The maximum atomic E-state index is 6.37. The molecule has 21 heavy (non-hydrogen) atoms. The van der Waals surface area contributed by atoms with Crippen molar-refractivity contribution in [2.75, 3.05) is 6.61 Å². The monoisotopic (exact) mass is 452 g/mol. The summed E-state index contributed by atoms with van der Waals surface area (Å²) in [5.74, 6) is 0. The molecule has 0 fully saturated rings. The normalized spacial score (nSPS) is 12.3. The highest BCUT2D eigenvalue weighted by Gasteiger charge is 2.15. The molecule has 0 unspecified atom stereocenters. The van der Waals surface area contributed by atoms with E-state index in [1.165, 1.54) is 0 Å². The zero-order chi connectivity index (χ0) is 15.6. The Morgan fingerprint density at radius 1 is 1.33 bits per heavy atom. The van der Waals surface area contributed by atoms with Crippen molar-refractivity contribution >= 4 is 62.6 Å². The number of hydrogen-bond acceptors (Lipinski definition) is 2. The van der Waals surface area contributed by atoms with Crippen molar-refractivity contribution in [2.45, 2.75) is 37.7 Å². The largest absolute Gasteiger partial charge is 0.361 e. The van der Waals surface area contributed by atoms with Gasteiger partial charge in [-0.15, -0.1) is 0 Å². The Hall–Kier alpha value is 0.117. The molecule has 0 amide bonds. The van der Waals surface area contributed by atoms with Crippen molar-refractivity contribution in [1.82, 2.24) is 9.55 Å². The van der Waals surface area contributed by atoms with Crippen LogP contribution < -0.4 is 0 Å². The molecule has 0 saturated heterocycles. The molecule has 0 aliphatic rings. The van der Waals surface area contributed by atoms with Gasteiger partial charge in [-0.05, 0) is 34.1 Å². The third-order valence-electron chi connectivity index (χ3n) is 3.22. The van der Waals surface area contributed by atoms with E-state index in [2.05, 4.69) is 61.1 Å². The van der Waals surface area contributed by atoms with E-state index < -0.39 is 8.07 Å². The number of rotatable bonds is 6. The highest BCUT2D eigenvalue weighted by molar-refractivity contribution is 9.10. The van der Waals surface area contributed by atoms with E-state index in [9.17, 15) is 0 Å². The number of nitrogens with zero attached hydrogens (tertiary/aromatic N) is 2. The van der Waals surface area contributed by atoms with Gasteiger partial charge in [-0.2, -0.15) is 0 Å². The molecular weight excluding hydrogens is 436 g/mol. The fraction of sp³-hybridized carbons (Fsp3) is 0.500. The van der Waals surface area contributed by atoms with Crippen LogP contribution in [0.4, 0.5) is 0 Å². The van der Waals surface area contributed by atoms with Crippen molar-refractivity contribution in [3.8, 4) is 0 Å². The Bertz CT molecular complexity index is 640.